The van der Waals surface area contributed by atoms with Crippen LogP contribution in [-0.4, -0.2) is 34.3 Å². The first-order valence-electron chi connectivity index (χ1n) is 8.37. The molecule has 2 aliphatic heterocycles. The first-order valence-corrected chi connectivity index (χ1v) is 9.66. The van der Waals surface area contributed by atoms with E-state index in [1.165, 1.54) is 10.4 Å². The third-order valence-electron chi connectivity index (χ3n) is 4.79. The van der Waals surface area contributed by atoms with Crippen molar-refractivity contribution in [3.63, 3.8) is 0 Å². The Morgan fingerprint density at radius 2 is 2.33 bits per heavy atom. The molecular weight excluding hydrogens is 338 g/mol. The van der Waals surface area contributed by atoms with E-state index in [0.29, 0.717) is 0 Å². The highest BCUT2D eigenvalue weighted by Crippen LogP contribution is 2.42. The Bertz CT molecular complexity index is 712. The normalized spacial score (nSPS) is 26.8. The second kappa shape index (κ2) is 6.78. The third kappa shape index (κ3) is 2.94. The number of hydrogen-bond acceptors (Lipinski definition) is 4. The lowest BCUT2D eigenvalue weighted by Gasteiger charge is -2.29. The second-order valence-corrected chi connectivity index (χ2v) is 7.72. The van der Waals surface area contributed by atoms with Crippen LogP contribution in [0.25, 0.3) is 0 Å². The van der Waals surface area contributed by atoms with Gasteiger partial charge in [-0.15, -0.1) is 11.3 Å². The number of aryl methyl sites for hydroxylation is 1. The van der Waals surface area contributed by atoms with Crippen LogP contribution >= 0.6 is 23.6 Å². The molecule has 0 bridgehead atoms. The van der Waals surface area contributed by atoms with E-state index in [2.05, 4.69) is 39.6 Å². The molecule has 0 unspecified atom stereocenters. The van der Waals surface area contributed by atoms with Crippen molar-refractivity contribution in [2.75, 3.05) is 13.2 Å². The monoisotopic (exact) mass is 359 g/mol. The highest BCUT2D eigenvalue weighted by molar-refractivity contribution is 7.80. The lowest BCUT2D eigenvalue weighted by molar-refractivity contribution is 0.0845. The molecule has 3 atom stereocenters. The van der Waals surface area contributed by atoms with Gasteiger partial charge in [0, 0.05) is 24.2 Å². The molecule has 0 amide bonds. The molecule has 24 heavy (non-hydrogen) atoms. The van der Waals surface area contributed by atoms with E-state index in [1.54, 1.807) is 11.3 Å². The highest BCUT2D eigenvalue weighted by Gasteiger charge is 2.42. The van der Waals surface area contributed by atoms with Gasteiger partial charge in [0.05, 0.1) is 23.9 Å². The van der Waals surface area contributed by atoms with Gasteiger partial charge < -0.3 is 15.0 Å². The van der Waals surface area contributed by atoms with Crippen LogP contribution in [0.1, 0.15) is 41.1 Å². The summed E-state index contributed by atoms with van der Waals surface area (Å²) in [5.41, 5.74) is 2.35. The number of nitrogens with zero attached hydrogens (tertiary/aromatic N) is 2. The molecule has 2 saturated heterocycles. The SMILES string of the molecule is Cc1ccsc1[C@@H]1[C@@H](c2ccccn2)NC(=S)N1C[C@H]1CCCO1. The van der Waals surface area contributed by atoms with E-state index < -0.39 is 0 Å². The summed E-state index contributed by atoms with van der Waals surface area (Å²) in [5.74, 6) is 0. The first kappa shape index (κ1) is 16.0. The van der Waals surface area contributed by atoms with Gasteiger partial charge in [0.25, 0.3) is 0 Å². The van der Waals surface area contributed by atoms with E-state index in [0.717, 1.165) is 36.8 Å². The Hall–Kier alpha value is -1.50. The molecule has 0 saturated carbocycles. The lowest BCUT2D eigenvalue weighted by atomic mass is 10.0. The van der Waals surface area contributed by atoms with Crippen LogP contribution in [0.5, 0.6) is 0 Å². The third-order valence-corrected chi connectivity index (χ3v) is 6.23. The van der Waals surface area contributed by atoms with Gasteiger partial charge in [-0.2, -0.15) is 0 Å². The standard InChI is InChI=1S/C18H21N3OS2/c1-12-7-10-24-17(12)16-15(14-6-2-3-8-19-14)20-18(23)21(16)11-13-5-4-9-22-13/h2-3,6-8,10,13,15-16H,4-5,9,11H2,1H3,(H,20,23)/t13-,15-,16+/m1/s1. The summed E-state index contributed by atoms with van der Waals surface area (Å²) in [4.78, 5) is 8.24. The molecule has 1 N–H and O–H groups in total. The molecule has 0 spiro atoms. The molecule has 6 heteroatoms. The Kier molecular flexibility index (Phi) is 4.52. The number of aromatic nitrogens is 1. The summed E-state index contributed by atoms with van der Waals surface area (Å²) in [5, 5.41) is 6.47. The quantitative estimate of drug-likeness (QED) is 0.844. The Morgan fingerprint density at radius 1 is 1.42 bits per heavy atom. The maximum atomic E-state index is 5.86. The molecule has 2 aromatic rings. The summed E-state index contributed by atoms with van der Waals surface area (Å²) >= 11 is 7.48. The second-order valence-electron chi connectivity index (χ2n) is 6.38. The zero-order valence-corrected chi connectivity index (χ0v) is 15.3. The van der Waals surface area contributed by atoms with Gasteiger partial charge in [-0.25, -0.2) is 0 Å². The van der Waals surface area contributed by atoms with Crippen molar-refractivity contribution >= 4 is 28.7 Å². The molecule has 4 nitrogen and oxygen atoms in total. The molecular formula is C18H21N3OS2. The number of rotatable bonds is 4. The zero-order chi connectivity index (χ0) is 16.5. The van der Waals surface area contributed by atoms with Crippen molar-refractivity contribution in [2.45, 2.75) is 38.0 Å². The summed E-state index contributed by atoms with van der Waals surface area (Å²) in [6.45, 7) is 3.88. The van der Waals surface area contributed by atoms with E-state index in [-0.39, 0.29) is 18.2 Å². The lowest BCUT2D eigenvalue weighted by Crippen LogP contribution is -2.36. The molecule has 0 radical (unpaired) electrons. The summed E-state index contributed by atoms with van der Waals surface area (Å²) in [6, 6.07) is 8.50. The number of thiocarbonyl (C=S) groups is 1. The van der Waals surface area contributed by atoms with Crippen LogP contribution in [0.15, 0.2) is 35.8 Å². The zero-order valence-electron chi connectivity index (χ0n) is 13.6. The van der Waals surface area contributed by atoms with Gasteiger partial charge in [0.1, 0.15) is 0 Å². The van der Waals surface area contributed by atoms with Crippen LogP contribution in [0.4, 0.5) is 0 Å². The molecule has 2 aliphatic rings. The molecule has 4 heterocycles. The van der Waals surface area contributed by atoms with Crippen molar-refractivity contribution in [2.24, 2.45) is 0 Å². The molecule has 0 aromatic carbocycles. The minimum Gasteiger partial charge on any atom is -0.376 e. The topological polar surface area (TPSA) is 37.4 Å². The first-order chi connectivity index (χ1) is 11.7. The van der Waals surface area contributed by atoms with Crippen molar-refractivity contribution < 1.29 is 4.74 Å². The predicted molar refractivity (Wildman–Crippen MR) is 100 cm³/mol. The largest absolute Gasteiger partial charge is 0.376 e. The van der Waals surface area contributed by atoms with Gasteiger partial charge in [-0.1, -0.05) is 6.07 Å². The van der Waals surface area contributed by atoms with Crippen molar-refractivity contribution in [3.8, 4) is 0 Å². The fourth-order valence-corrected chi connectivity index (χ4v) is 4.97. The van der Waals surface area contributed by atoms with E-state index >= 15 is 0 Å². The summed E-state index contributed by atoms with van der Waals surface area (Å²) in [7, 11) is 0. The molecule has 2 fully saturated rings. The average Bonchev–Trinajstić information content (AvgIpc) is 3.31. The maximum Gasteiger partial charge on any atom is 0.170 e. The van der Waals surface area contributed by atoms with E-state index in [4.69, 9.17) is 17.0 Å². The number of hydrogen-bond donors (Lipinski definition) is 1. The van der Waals surface area contributed by atoms with Crippen LogP contribution < -0.4 is 5.32 Å². The fourth-order valence-electron chi connectivity index (χ4n) is 3.58. The Labute approximate surface area is 151 Å². The molecule has 126 valence electrons. The number of ether oxygens (including phenoxy) is 1. The molecule has 4 rings (SSSR count). The van der Waals surface area contributed by atoms with Gasteiger partial charge in [0.2, 0.25) is 0 Å². The number of pyridine rings is 1. The summed E-state index contributed by atoms with van der Waals surface area (Å²) < 4.78 is 5.86. The van der Waals surface area contributed by atoms with E-state index in [1.807, 2.05) is 18.3 Å². The van der Waals surface area contributed by atoms with Gasteiger partial charge >= 0.3 is 0 Å². The Morgan fingerprint density at radius 3 is 3.00 bits per heavy atom. The smallest absolute Gasteiger partial charge is 0.170 e. The van der Waals surface area contributed by atoms with Gasteiger partial charge in [-0.3, -0.25) is 4.98 Å². The van der Waals surface area contributed by atoms with Crippen molar-refractivity contribution in [3.05, 3.63) is 52.0 Å². The minimum atomic E-state index is 0.0810. The highest BCUT2D eigenvalue weighted by atomic mass is 32.1. The fraction of sp³-hybridized carbons (Fsp3) is 0.444. The maximum absolute atomic E-state index is 5.86. The van der Waals surface area contributed by atoms with Crippen LogP contribution in [0.2, 0.25) is 0 Å². The average molecular weight is 360 g/mol. The van der Waals surface area contributed by atoms with Crippen LogP contribution in [-0.2, 0) is 4.74 Å². The molecule has 0 aliphatic carbocycles. The molecule has 2 aromatic heterocycles. The van der Waals surface area contributed by atoms with E-state index in [9.17, 15) is 0 Å². The van der Waals surface area contributed by atoms with Gasteiger partial charge in [0.15, 0.2) is 5.11 Å². The number of thiophene rings is 1. The van der Waals surface area contributed by atoms with Crippen molar-refractivity contribution in [1.82, 2.24) is 15.2 Å². The predicted octanol–water partition coefficient (Wildman–Crippen LogP) is 3.60. The summed E-state index contributed by atoms with van der Waals surface area (Å²) in [6.07, 6.45) is 4.38. The minimum absolute atomic E-state index is 0.0810. The number of nitrogens with one attached hydrogen (secondary N) is 1. The Balaban J connectivity index is 1.69. The van der Waals surface area contributed by atoms with Crippen LogP contribution in [0.3, 0.4) is 0 Å². The van der Waals surface area contributed by atoms with Gasteiger partial charge in [-0.05, 0) is 61.1 Å². The van der Waals surface area contributed by atoms with Crippen LogP contribution in [0, 0.1) is 6.92 Å². The van der Waals surface area contributed by atoms with Crippen molar-refractivity contribution in [1.29, 1.82) is 0 Å².